The standard InChI is InChI=1S/C15H27O2.2CH3O.Ti/c1-3-5-6-7-8-9-10-11-12-13-15(16)17-14-4-2;2*1-2;/h4H,1-3,5-14H2;2*1H3;/q;2*-1;+2. The molecule has 0 unspecified atom stereocenters. The summed E-state index contributed by atoms with van der Waals surface area (Å²) in [7, 11) is 3.52. The molecule has 0 radical (unpaired) electrons. The fourth-order valence-corrected chi connectivity index (χ4v) is 4.03. The molecule has 0 spiro atoms. The average molecular weight is 349 g/mol. The van der Waals surface area contributed by atoms with E-state index in [1.54, 1.807) is 20.3 Å². The van der Waals surface area contributed by atoms with Gasteiger partial charge in [-0.05, 0) is 0 Å². The number of carbonyl (C=O) groups excluding carboxylic acids is 1. The van der Waals surface area contributed by atoms with Crippen molar-refractivity contribution in [3.05, 3.63) is 12.7 Å². The van der Waals surface area contributed by atoms with Crippen LogP contribution in [-0.2, 0) is 34.8 Å². The Labute approximate surface area is 143 Å². The van der Waals surface area contributed by atoms with Crippen molar-refractivity contribution < 1.29 is 34.8 Å². The van der Waals surface area contributed by atoms with Gasteiger partial charge in [-0.2, -0.15) is 0 Å². The first-order valence-corrected chi connectivity index (χ1v) is 10.8. The molecule has 0 fully saturated rings. The fraction of sp³-hybridized carbons (Fsp3) is 0.824. The SMILES string of the molecule is C=CCOC(=O)CCCCCCCCCC[CH2][Ti]([O]C)[O]C. The Morgan fingerprint density at radius 1 is 0.909 bits per heavy atom. The molecule has 0 aliphatic carbocycles. The van der Waals surface area contributed by atoms with Gasteiger partial charge in [-0.1, -0.05) is 12.7 Å². The predicted molar refractivity (Wildman–Crippen MR) is 86.2 cm³/mol. The summed E-state index contributed by atoms with van der Waals surface area (Å²) in [6, 6.07) is 0. The maximum atomic E-state index is 11.2. The minimum absolute atomic E-state index is 0.102. The molecule has 0 amide bonds. The van der Waals surface area contributed by atoms with Gasteiger partial charge in [0.05, 0.1) is 0 Å². The van der Waals surface area contributed by atoms with E-state index < -0.39 is 18.6 Å². The number of rotatable bonds is 16. The summed E-state index contributed by atoms with van der Waals surface area (Å²) in [5, 5.41) is 0. The van der Waals surface area contributed by atoms with Gasteiger partial charge in [0.15, 0.2) is 0 Å². The average Bonchev–Trinajstić information content (AvgIpc) is 2.54. The zero-order chi connectivity index (χ0) is 16.5. The van der Waals surface area contributed by atoms with Gasteiger partial charge in [-0.3, -0.25) is 4.79 Å². The molecule has 5 heteroatoms. The van der Waals surface area contributed by atoms with Crippen LogP contribution >= 0.6 is 0 Å². The summed E-state index contributed by atoms with van der Waals surface area (Å²) in [5.74, 6) is -0.102. The molecule has 0 N–H and O–H groups in total. The zero-order valence-corrected chi connectivity index (χ0v) is 16.0. The molecule has 0 bridgehead atoms. The number of ether oxygens (including phenoxy) is 1. The van der Waals surface area contributed by atoms with Crippen molar-refractivity contribution in [2.45, 2.75) is 68.9 Å². The van der Waals surface area contributed by atoms with Crippen LogP contribution in [0.4, 0.5) is 0 Å². The van der Waals surface area contributed by atoms with E-state index >= 15 is 0 Å². The van der Waals surface area contributed by atoms with Crippen molar-refractivity contribution in [2.75, 3.05) is 20.8 Å². The molecule has 0 aromatic rings. The van der Waals surface area contributed by atoms with Crippen LogP contribution in [0.5, 0.6) is 0 Å². The van der Waals surface area contributed by atoms with Crippen LogP contribution in [0.2, 0.25) is 4.73 Å². The molecule has 0 heterocycles. The molecule has 0 saturated heterocycles. The minimum atomic E-state index is -1.59. The Balaban J connectivity index is 3.17. The Bertz CT molecular complexity index is 267. The first kappa shape index (κ1) is 21.8. The van der Waals surface area contributed by atoms with Gasteiger partial charge in [0.1, 0.15) is 6.61 Å². The topological polar surface area (TPSA) is 44.8 Å². The first-order valence-electron chi connectivity index (χ1n) is 8.45. The van der Waals surface area contributed by atoms with Gasteiger partial charge in [0, 0.05) is 0 Å². The van der Waals surface area contributed by atoms with Crippen molar-refractivity contribution in [1.29, 1.82) is 0 Å². The summed E-state index contributed by atoms with van der Waals surface area (Å²) in [6.07, 6.45) is 13.2. The second-order valence-corrected chi connectivity index (χ2v) is 8.65. The first-order chi connectivity index (χ1) is 10.7. The van der Waals surface area contributed by atoms with Crippen molar-refractivity contribution in [3.8, 4) is 0 Å². The van der Waals surface area contributed by atoms with Gasteiger partial charge >= 0.3 is 114 Å². The third kappa shape index (κ3) is 14.8. The van der Waals surface area contributed by atoms with E-state index in [1.807, 2.05) is 0 Å². The van der Waals surface area contributed by atoms with Crippen molar-refractivity contribution in [1.82, 2.24) is 0 Å². The van der Waals surface area contributed by atoms with Crippen LogP contribution in [0, 0.1) is 0 Å². The summed E-state index contributed by atoms with van der Waals surface area (Å²) >= 11 is -1.59. The second-order valence-electron chi connectivity index (χ2n) is 5.43. The van der Waals surface area contributed by atoms with E-state index in [4.69, 9.17) is 11.4 Å². The Morgan fingerprint density at radius 3 is 1.91 bits per heavy atom. The van der Waals surface area contributed by atoms with Crippen LogP contribution in [-0.4, -0.2) is 26.8 Å². The fourth-order valence-electron chi connectivity index (χ4n) is 2.29. The van der Waals surface area contributed by atoms with Gasteiger partial charge < -0.3 is 4.74 Å². The molecule has 0 aliphatic rings. The van der Waals surface area contributed by atoms with E-state index in [0.29, 0.717) is 13.0 Å². The molecule has 4 nitrogen and oxygen atoms in total. The van der Waals surface area contributed by atoms with E-state index in [0.717, 1.165) is 17.6 Å². The molecule has 22 heavy (non-hydrogen) atoms. The van der Waals surface area contributed by atoms with Crippen molar-refractivity contribution in [3.63, 3.8) is 0 Å². The Hall–Kier alpha value is -0.156. The number of hydrogen-bond acceptors (Lipinski definition) is 4. The van der Waals surface area contributed by atoms with Gasteiger partial charge in [0.25, 0.3) is 0 Å². The van der Waals surface area contributed by atoms with E-state index in [-0.39, 0.29) is 5.97 Å². The van der Waals surface area contributed by atoms with Gasteiger partial charge in [-0.25, -0.2) is 0 Å². The van der Waals surface area contributed by atoms with E-state index in [2.05, 4.69) is 6.58 Å². The number of hydrogen-bond donors (Lipinski definition) is 0. The zero-order valence-electron chi connectivity index (χ0n) is 14.4. The molecule has 0 aromatic carbocycles. The third-order valence-electron chi connectivity index (χ3n) is 3.58. The van der Waals surface area contributed by atoms with Crippen LogP contribution in [0.1, 0.15) is 64.2 Å². The van der Waals surface area contributed by atoms with Crippen LogP contribution in [0.15, 0.2) is 12.7 Å². The molecule has 0 atom stereocenters. The van der Waals surface area contributed by atoms with Crippen LogP contribution < -0.4 is 0 Å². The molecule has 129 valence electrons. The Kier molecular flexibility index (Phi) is 17.1. The summed E-state index contributed by atoms with van der Waals surface area (Å²) in [6.45, 7) is 3.85. The maximum absolute atomic E-state index is 11.2. The quantitative estimate of drug-likeness (QED) is 0.174. The summed E-state index contributed by atoms with van der Waals surface area (Å²) in [5.41, 5.74) is 0. The third-order valence-corrected chi connectivity index (χ3v) is 6.19. The summed E-state index contributed by atoms with van der Waals surface area (Å²) < 4.78 is 16.7. The van der Waals surface area contributed by atoms with Crippen molar-refractivity contribution >= 4 is 5.97 Å². The molecule has 0 aromatic heterocycles. The second kappa shape index (κ2) is 17.2. The predicted octanol–water partition coefficient (Wildman–Crippen LogP) is 4.78. The molecular weight excluding hydrogens is 316 g/mol. The number of esters is 1. The molecule has 0 aliphatic heterocycles. The monoisotopic (exact) mass is 349 g/mol. The van der Waals surface area contributed by atoms with Crippen LogP contribution in [0.25, 0.3) is 0 Å². The van der Waals surface area contributed by atoms with Crippen molar-refractivity contribution in [2.24, 2.45) is 0 Å². The van der Waals surface area contributed by atoms with Gasteiger partial charge in [0.2, 0.25) is 0 Å². The van der Waals surface area contributed by atoms with Gasteiger partial charge in [-0.15, -0.1) is 0 Å². The Morgan fingerprint density at radius 2 is 1.41 bits per heavy atom. The molecule has 0 rings (SSSR count). The number of unbranched alkanes of at least 4 members (excludes halogenated alkanes) is 8. The summed E-state index contributed by atoms with van der Waals surface area (Å²) in [4.78, 5) is 11.2. The van der Waals surface area contributed by atoms with E-state index in [1.165, 1.54) is 44.9 Å². The number of carbonyl (C=O) groups is 1. The molecular formula is C17H33O4Ti. The molecule has 0 saturated carbocycles. The normalized spacial score (nSPS) is 10.5. The van der Waals surface area contributed by atoms with E-state index in [9.17, 15) is 4.79 Å². The van der Waals surface area contributed by atoms with Crippen LogP contribution in [0.3, 0.4) is 0 Å².